The Morgan fingerprint density at radius 3 is 2.68 bits per heavy atom. The van der Waals surface area contributed by atoms with Crippen LogP contribution >= 0.6 is 11.6 Å². The molecule has 1 aliphatic rings. The molecular weight excluding hydrogens is 462 g/mol. The standard InChI is InChI=1S/C23H20ClN5O5/c1-12-6-9-19(25-11-12)26-23(31)21-13(2)20-16(4-3-5-18(20)34-21)27-28-22(30)14-7-8-15(24)17(10-14)29(32)33/h6-11H,3-5H2,1-2H3,(H,28,30)(H,25,26,31)/b27-16+. The van der Waals surface area contributed by atoms with Crippen molar-refractivity contribution in [2.75, 3.05) is 5.32 Å². The van der Waals surface area contributed by atoms with Gasteiger partial charge in [-0.2, -0.15) is 5.10 Å². The molecule has 10 nitrogen and oxygen atoms in total. The summed E-state index contributed by atoms with van der Waals surface area (Å²) in [5.41, 5.74) is 4.93. The Kier molecular flexibility index (Phi) is 6.42. The van der Waals surface area contributed by atoms with Crippen LogP contribution in [0.1, 0.15) is 56.2 Å². The predicted octanol–water partition coefficient (Wildman–Crippen LogP) is 4.58. The van der Waals surface area contributed by atoms with E-state index in [0.29, 0.717) is 41.3 Å². The molecule has 2 aromatic heterocycles. The van der Waals surface area contributed by atoms with E-state index in [9.17, 15) is 19.7 Å². The first-order valence-corrected chi connectivity index (χ1v) is 10.8. The lowest BCUT2D eigenvalue weighted by atomic mass is 9.93. The third-order valence-corrected chi connectivity index (χ3v) is 5.70. The number of carbonyl (C=O) groups excluding carboxylic acids is 2. The van der Waals surface area contributed by atoms with Gasteiger partial charge >= 0.3 is 0 Å². The summed E-state index contributed by atoms with van der Waals surface area (Å²) in [7, 11) is 0. The molecule has 0 spiro atoms. The summed E-state index contributed by atoms with van der Waals surface area (Å²) in [4.78, 5) is 39.9. The number of nitro groups is 1. The number of fused-ring (bicyclic) bond motifs is 1. The van der Waals surface area contributed by atoms with Gasteiger partial charge in [0.2, 0.25) is 0 Å². The number of anilines is 1. The van der Waals surface area contributed by atoms with E-state index >= 15 is 0 Å². The molecule has 0 saturated heterocycles. The molecular formula is C23H20ClN5O5. The minimum absolute atomic E-state index is 0.0473. The molecule has 1 aromatic carbocycles. The van der Waals surface area contributed by atoms with Crippen molar-refractivity contribution in [3.63, 3.8) is 0 Å². The van der Waals surface area contributed by atoms with Crippen LogP contribution in [0, 0.1) is 24.0 Å². The first-order valence-electron chi connectivity index (χ1n) is 10.4. The predicted molar refractivity (Wildman–Crippen MR) is 125 cm³/mol. The highest BCUT2D eigenvalue weighted by atomic mass is 35.5. The van der Waals surface area contributed by atoms with Crippen molar-refractivity contribution < 1.29 is 18.9 Å². The van der Waals surface area contributed by atoms with Gasteiger partial charge in [0, 0.05) is 35.4 Å². The zero-order chi connectivity index (χ0) is 24.4. The molecule has 0 radical (unpaired) electrons. The summed E-state index contributed by atoms with van der Waals surface area (Å²) in [6, 6.07) is 7.30. The molecule has 4 rings (SSSR count). The highest BCUT2D eigenvalue weighted by Gasteiger charge is 2.28. The highest BCUT2D eigenvalue weighted by molar-refractivity contribution is 6.32. The maximum atomic E-state index is 12.8. The average molecular weight is 482 g/mol. The fourth-order valence-electron chi connectivity index (χ4n) is 3.69. The summed E-state index contributed by atoms with van der Waals surface area (Å²) in [6.45, 7) is 3.65. The Bertz CT molecular complexity index is 1330. The topological polar surface area (TPSA) is 140 Å². The van der Waals surface area contributed by atoms with Crippen LogP contribution in [0.25, 0.3) is 0 Å². The number of benzene rings is 1. The zero-order valence-electron chi connectivity index (χ0n) is 18.3. The lowest BCUT2D eigenvalue weighted by Gasteiger charge is -2.13. The minimum Gasteiger partial charge on any atom is -0.455 e. The lowest BCUT2D eigenvalue weighted by Crippen LogP contribution is -2.22. The van der Waals surface area contributed by atoms with Gasteiger partial charge in [0.05, 0.1) is 10.6 Å². The van der Waals surface area contributed by atoms with Crippen LogP contribution in [0.5, 0.6) is 0 Å². The molecule has 3 aromatic rings. The van der Waals surface area contributed by atoms with Crippen LogP contribution in [0.15, 0.2) is 46.0 Å². The van der Waals surface area contributed by atoms with Gasteiger partial charge in [-0.1, -0.05) is 17.7 Å². The third kappa shape index (κ3) is 4.67. The summed E-state index contributed by atoms with van der Waals surface area (Å²) in [5, 5.41) is 18.0. The lowest BCUT2D eigenvalue weighted by molar-refractivity contribution is -0.384. The van der Waals surface area contributed by atoms with E-state index in [1.54, 1.807) is 19.2 Å². The van der Waals surface area contributed by atoms with E-state index in [1.807, 2.05) is 13.0 Å². The summed E-state index contributed by atoms with van der Waals surface area (Å²) in [6.07, 6.45) is 3.57. The molecule has 174 valence electrons. The van der Waals surface area contributed by atoms with Crippen molar-refractivity contribution in [2.24, 2.45) is 5.10 Å². The number of carbonyl (C=O) groups is 2. The van der Waals surface area contributed by atoms with Gasteiger partial charge in [-0.25, -0.2) is 10.4 Å². The van der Waals surface area contributed by atoms with Gasteiger partial charge in [-0.05, 0) is 50.5 Å². The SMILES string of the molecule is Cc1ccc(NC(=O)c2oc3c(c2C)/C(=N/NC(=O)c2ccc(Cl)c([N+](=O)[O-])c2)CCC3)nc1. The fraction of sp³-hybridized carbons (Fsp3) is 0.217. The molecule has 0 saturated carbocycles. The van der Waals surface area contributed by atoms with Crippen molar-refractivity contribution in [3.05, 3.63) is 85.4 Å². The Hall–Kier alpha value is -4.05. The number of rotatable bonds is 5. The maximum Gasteiger partial charge on any atom is 0.292 e. The number of hydrazone groups is 1. The molecule has 2 N–H and O–H groups in total. The molecule has 0 bridgehead atoms. The van der Waals surface area contributed by atoms with E-state index in [4.69, 9.17) is 16.0 Å². The second-order valence-corrected chi connectivity index (χ2v) is 8.21. The number of amides is 2. The van der Waals surface area contributed by atoms with Crippen LogP contribution in [-0.4, -0.2) is 27.4 Å². The summed E-state index contributed by atoms with van der Waals surface area (Å²) < 4.78 is 5.85. The molecule has 11 heteroatoms. The van der Waals surface area contributed by atoms with Crippen molar-refractivity contribution >= 4 is 40.6 Å². The van der Waals surface area contributed by atoms with E-state index in [0.717, 1.165) is 18.1 Å². The van der Waals surface area contributed by atoms with E-state index in [1.165, 1.54) is 12.1 Å². The zero-order valence-corrected chi connectivity index (χ0v) is 19.1. The third-order valence-electron chi connectivity index (χ3n) is 5.38. The number of hydrogen-bond donors (Lipinski definition) is 2. The average Bonchev–Trinajstić information content (AvgIpc) is 3.16. The second-order valence-electron chi connectivity index (χ2n) is 7.81. The quantitative estimate of drug-likeness (QED) is 0.404. The number of halogens is 1. The number of hydrogen-bond acceptors (Lipinski definition) is 7. The number of aryl methyl sites for hydroxylation is 2. The Labute approximate surface area is 199 Å². The number of nitrogens with zero attached hydrogens (tertiary/aromatic N) is 3. The largest absolute Gasteiger partial charge is 0.455 e. The monoisotopic (exact) mass is 481 g/mol. The molecule has 1 aliphatic carbocycles. The second kappa shape index (κ2) is 9.44. The van der Waals surface area contributed by atoms with Crippen LogP contribution in [0.3, 0.4) is 0 Å². The van der Waals surface area contributed by atoms with Crippen molar-refractivity contribution in [1.29, 1.82) is 0 Å². The number of nitro benzene ring substituents is 1. The van der Waals surface area contributed by atoms with Crippen LogP contribution in [-0.2, 0) is 6.42 Å². The molecule has 2 amide bonds. The first-order chi connectivity index (χ1) is 16.2. The van der Waals surface area contributed by atoms with Crippen LogP contribution in [0.4, 0.5) is 11.5 Å². The molecule has 0 fully saturated rings. The van der Waals surface area contributed by atoms with Crippen molar-refractivity contribution in [1.82, 2.24) is 10.4 Å². The smallest absolute Gasteiger partial charge is 0.292 e. The number of nitrogens with one attached hydrogen (secondary N) is 2. The Balaban J connectivity index is 1.56. The molecule has 34 heavy (non-hydrogen) atoms. The van der Waals surface area contributed by atoms with Crippen LogP contribution < -0.4 is 10.7 Å². The fourth-order valence-corrected chi connectivity index (χ4v) is 3.87. The molecule has 0 atom stereocenters. The summed E-state index contributed by atoms with van der Waals surface area (Å²) >= 11 is 5.81. The van der Waals surface area contributed by atoms with E-state index < -0.39 is 16.7 Å². The molecule has 0 aliphatic heterocycles. The Morgan fingerprint density at radius 2 is 1.97 bits per heavy atom. The van der Waals surface area contributed by atoms with E-state index in [-0.39, 0.29) is 22.0 Å². The van der Waals surface area contributed by atoms with Gasteiger partial charge in [0.15, 0.2) is 5.76 Å². The number of aromatic nitrogens is 1. The maximum absolute atomic E-state index is 12.8. The van der Waals surface area contributed by atoms with Crippen molar-refractivity contribution in [3.8, 4) is 0 Å². The van der Waals surface area contributed by atoms with Gasteiger partial charge in [-0.15, -0.1) is 0 Å². The van der Waals surface area contributed by atoms with Gasteiger partial charge in [-0.3, -0.25) is 19.7 Å². The minimum atomic E-state index is -0.661. The van der Waals surface area contributed by atoms with Crippen LogP contribution in [0.2, 0.25) is 5.02 Å². The number of pyridine rings is 1. The van der Waals surface area contributed by atoms with Gasteiger partial charge in [0.1, 0.15) is 16.6 Å². The first kappa shape index (κ1) is 23.1. The number of furan rings is 1. The van der Waals surface area contributed by atoms with Gasteiger partial charge in [0.25, 0.3) is 17.5 Å². The molecule has 2 heterocycles. The Morgan fingerprint density at radius 1 is 1.18 bits per heavy atom. The summed E-state index contributed by atoms with van der Waals surface area (Å²) in [5.74, 6) is 0.120. The molecule has 0 unspecified atom stereocenters. The van der Waals surface area contributed by atoms with E-state index in [2.05, 4.69) is 20.8 Å². The van der Waals surface area contributed by atoms with Crippen molar-refractivity contribution in [2.45, 2.75) is 33.1 Å². The highest BCUT2D eigenvalue weighted by Crippen LogP contribution is 2.30. The van der Waals surface area contributed by atoms with Gasteiger partial charge < -0.3 is 9.73 Å². The normalized spacial score (nSPS) is 13.9.